The standard InChI is InChI=1S/C10H6Br4O2/c1-2-3-16-10(15)5-4-6(11)8(13)9(14)7(5)12/h2,4H,1,3H2. The summed E-state index contributed by atoms with van der Waals surface area (Å²) >= 11 is 13.4. The fraction of sp³-hybridized carbons (Fsp3) is 0.100. The van der Waals surface area contributed by atoms with Crippen LogP contribution in [0.3, 0.4) is 0 Å². The van der Waals surface area contributed by atoms with Crippen molar-refractivity contribution in [3.8, 4) is 0 Å². The average molecular weight is 478 g/mol. The van der Waals surface area contributed by atoms with Crippen molar-refractivity contribution < 1.29 is 9.53 Å². The van der Waals surface area contributed by atoms with Crippen LogP contribution in [0.15, 0.2) is 36.6 Å². The summed E-state index contributed by atoms with van der Waals surface area (Å²) in [4.78, 5) is 11.7. The molecule has 1 aromatic rings. The maximum Gasteiger partial charge on any atom is 0.339 e. The molecule has 0 aromatic heterocycles. The maximum atomic E-state index is 11.7. The molecule has 0 spiro atoms. The first-order valence-corrected chi connectivity index (χ1v) is 7.27. The molecule has 0 aliphatic rings. The van der Waals surface area contributed by atoms with E-state index in [0.29, 0.717) is 10.0 Å². The van der Waals surface area contributed by atoms with Crippen LogP contribution < -0.4 is 0 Å². The zero-order chi connectivity index (χ0) is 12.3. The van der Waals surface area contributed by atoms with Crippen molar-refractivity contribution in [2.75, 3.05) is 6.61 Å². The van der Waals surface area contributed by atoms with Crippen molar-refractivity contribution in [1.29, 1.82) is 0 Å². The molecular weight excluding hydrogens is 472 g/mol. The molecule has 6 heteroatoms. The lowest BCUT2D eigenvalue weighted by molar-refractivity contribution is 0.0548. The highest BCUT2D eigenvalue weighted by atomic mass is 79.9. The Morgan fingerprint density at radius 3 is 2.44 bits per heavy atom. The first-order chi connectivity index (χ1) is 7.49. The molecule has 0 atom stereocenters. The van der Waals surface area contributed by atoms with Crippen LogP contribution in [-0.2, 0) is 4.74 Å². The number of carbonyl (C=O) groups excluding carboxylic acids is 1. The fourth-order valence-electron chi connectivity index (χ4n) is 0.934. The van der Waals surface area contributed by atoms with Gasteiger partial charge in [0, 0.05) is 17.9 Å². The molecule has 0 N–H and O–H groups in total. The monoisotopic (exact) mass is 474 g/mol. The average Bonchev–Trinajstić information content (AvgIpc) is 2.28. The van der Waals surface area contributed by atoms with E-state index < -0.39 is 5.97 Å². The van der Waals surface area contributed by atoms with Crippen LogP contribution in [-0.4, -0.2) is 12.6 Å². The summed E-state index contributed by atoms with van der Waals surface area (Å²) in [5.74, 6) is -0.402. The minimum absolute atomic E-state index is 0.191. The van der Waals surface area contributed by atoms with E-state index in [1.807, 2.05) is 0 Å². The lowest BCUT2D eigenvalue weighted by Gasteiger charge is -2.09. The van der Waals surface area contributed by atoms with Crippen molar-refractivity contribution in [3.05, 3.63) is 42.2 Å². The van der Waals surface area contributed by atoms with E-state index in [-0.39, 0.29) is 6.61 Å². The number of rotatable bonds is 3. The third-order valence-electron chi connectivity index (χ3n) is 1.65. The van der Waals surface area contributed by atoms with Crippen LogP contribution in [0.5, 0.6) is 0 Å². The van der Waals surface area contributed by atoms with Crippen LogP contribution in [0.4, 0.5) is 0 Å². The normalized spacial score (nSPS) is 10.0. The van der Waals surface area contributed by atoms with Crippen molar-refractivity contribution in [2.24, 2.45) is 0 Å². The molecule has 16 heavy (non-hydrogen) atoms. The van der Waals surface area contributed by atoms with E-state index in [4.69, 9.17) is 4.74 Å². The van der Waals surface area contributed by atoms with Gasteiger partial charge in [-0.2, -0.15) is 0 Å². The predicted molar refractivity (Wildman–Crippen MR) is 77.7 cm³/mol. The summed E-state index contributed by atoms with van der Waals surface area (Å²) in [5, 5.41) is 0. The molecule has 0 heterocycles. The van der Waals surface area contributed by atoms with Crippen molar-refractivity contribution in [2.45, 2.75) is 0 Å². The Bertz CT molecular complexity index is 443. The van der Waals surface area contributed by atoms with Gasteiger partial charge in [0.05, 0.1) is 5.56 Å². The van der Waals surface area contributed by atoms with Gasteiger partial charge in [-0.25, -0.2) is 4.79 Å². The Balaban J connectivity index is 3.14. The number of carbonyl (C=O) groups is 1. The molecule has 86 valence electrons. The quantitative estimate of drug-likeness (QED) is 0.263. The van der Waals surface area contributed by atoms with Gasteiger partial charge in [0.25, 0.3) is 0 Å². The molecule has 0 aliphatic carbocycles. The molecule has 0 radical (unpaired) electrons. The molecule has 0 bridgehead atoms. The second kappa shape index (κ2) is 6.33. The van der Waals surface area contributed by atoms with Gasteiger partial charge in [0.2, 0.25) is 0 Å². The number of hydrogen-bond donors (Lipinski definition) is 0. The number of esters is 1. The zero-order valence-electron chi connectivity index (χ0n) is 7.90. The lowest BCUT2D eigenvalue weighted by Crippen LogP contribution is -2.06. The predicted octanol–water partition coefficient (Wildman–Crippen LogP) is 5.08. The Labute approximate surface area is 127 Å². The largest absolute Gasteiger partial charge is 0.458 e. The summed E-state index contributed by atoms with van der Waals surface area (Å²) < 4.78 is 7.97. The first-order valence-electron chi connectivity index (χ1n) is 4.10. The van der Waals surface area contributed by atoms with Crippen LogP contribution in [0, 0.1) is 0 Å². The molecule has 0 saturated carbocycles. The van der Waals surface area contributed by atoms with Gasteiger partial charge in [0.1, 0.15) is 6.61 Å². The minimum atomic E-state index is -0.402. The third-order valence-corrected chi connectivity index (χ3v) is 6.32. The molecule has 0 amide bonds. The van der Waals surface area contributed by atoms with E-state index in [1.165, 1.54) is 6.08 Å². The van der Waals surface area contributed by atoms with Gasteiger partial charge in [-0.05, 0) is 69.8 Å². The van der Waals surface area contributed by atoms with Crippen molar-refractivity contribution in [3.63, 3.8) is 0 Å². The van der Waals surface area contributed by atoms with Crippen LogP contribution in [0.25, 0.3) is 0 Å². The van der Waals surface area contributed by atoms with E-state index in [2.05, 4.69) is 70.3 Å². The Morgan fingerprint density at radius 1 is 1.25 bits per heavy atom. The van der Waals surface area contributed by atoms with Gasteiger partial charge in [-0.1, -0.05) is 12.7 Å². The summed E-state index contributed by atoms with van der Waals surface area (Å²) in [6.07, 6.45) is 1.52. The molecule has 0 fully saturated rings. The second-order valence-corrected chi connectivity index (χ2v) is 5.97. The molecule has 1 rings (SSSR count). The maximum absolute atomic E-state index is 11.7. The number of benzene rings is 1. The van der Waals surface area contributed by atoms with Crippen LogP contribution in [0.1, 0.15) is 10.4 Å². The molecule has 1 aromatic carbocycles. The fourth-order valence-corrected chi connectivity index (χ4v) is 3.11. The van der Waals surface area contributed by atoms with E-state index in [0.717, 1.165) is 13.4 Å². The van der Waals surface area contributed by atoms with Gasteiger partial charge in [-0.3, -0.25) is 0 Å². The van der Waals surface area contributed by atoms with E-state index >= 15 is 0 Å². The number of ether oxygens (including phenoxy) is 1. The molecule has 0 saturated heterocycles. The molecular formula is C10H6Br4O2. The van der Waals surface area contributed by atoms with Crippen molar-refractivity contribution in [1.82, 2.24) is 0 Å². The summed E-state index contributed by atoms with van der Waals surface area (Å²) in [7, 11) is 0. The third kappa shape index (κ3) is 3.18. The highest BCUT2D eigenvalue weighted by Gasteiger charge is 2.17. The van der Waals surface area contributed by atoms with Gasteiger partial charge < -0.3 is 4.74 Å². The van der Waals surface area contributed by atoms with E-state index in [9.17, 15) is 4.79 Å². The van der Waals surface area contributed by atoms with Gasteiger partial charge in [-0.15, -0.1) is 0 Å². The SMILES string of the molecule is C=CCOC(=O)c1cc(Br)c(Br)c(Br)c1Br. The lowest BCUT2D eigenvalue weighted by atomic mass is 10.2. The smallest absolute Gasteiger partial charge is 0.339 e. The highest BCUT2D eigenvalue weighted by Crippen LogP contribution is 2.39. The van der Waals surface area contributed by atoms with Crippen LogP contribution >= 0.6 is 63.7 Å². The molecule has 0 unspecified atom stereocenters. The summed E-state index contributed by atoms with van der Waals surface area (Å²) in [5.41, 5.74) is 0.448. The van der Waals surface area contributed by atoms with Gasteiger partial charge in [0.15, 0.2) is 0 Å². The topological polar surface area (TPSA) is 26.3 Å². The second-order valence-electron chi connectivity index (χ2n) is 2.74. The van der Waals surface area contributed by atoms with E-state index in [1.54, 1.807) is 6.07 Å². The van der Waals surface area contributed by atoms with Crippen LogP contribution in [0.2, 0.25) is 0 Å². The highest BCUT2D eigenvalue weighted by molar-refractivity contribution is 9.15. The Kier molecular flexibility index (Phi) is 5.70. The number of hydrogen-bond acceptors (Lipinski definition) is 2. The number of halogens is 4. The Morgan fingerprint density at radius 2 is 1.88 bits per heavy atom. The molecule has 0 aliphatic heterocycles. The Hall–Kier alpha value is 0.350. The summed E-state index contributed by atoms with van der Waals surface area (Å²) in [6.45, 7) is 3.67. The zero-order valence-corrected chi connectivity index (χ0v) is 14.2. The first kappa shape index (κ1) is 14.4. The summed E-state index contributed by atoms with van der Waals surface area (Å²) in [6, 6.07) is 1.68. The molecule has 2 nitrogen and oxygen atoms in total. The van der Waals surface area contributed by atoms with Crippen molar-refractivity contribution >= 4 is 69.7 Å². The van der Waals surface area contributed by atoms with Gasteiger partial charge >= 0.3 is 5.97 Å². The minimum Gasteiger partial charge on any atom is -0.458 e.